The summed E-state index contributed by atoms with van der Waals surface area (Å²) >= 11 is 0. The van der Waals surface area contributed by atoms with E-state index in [1.165, 1.54) is 0 Å². The van der Waals surface area contributed by atoms with Gasteiger partial charge >= 0.3 is 0 Å². The molecule has 2 heteroatoms. The minimum Gasteiger partial charge on any atom is -0.464 e. The molecule has 1 aromatic rings. The molecule has 0 spiro atoms. The van der Waals surface area contributed by atoms with Gasteiger partial charge in [0.25, 0.3) is 0 Å². The maximum atomic E-state index is 5.56. The molecule has 12 heavy (non-hydrogen) atoms. The summed E-state index contributed by atoms with van der Waals surface area (Å²) in [4.78, 5) is 0. The van der Waals surface area contributed by atoms with Crippen molar-refractivity contribution < 1.29 is 9.15 Å². The number of furan rings is 1. The third-order valence-corrected chi connectivity index (χ3v) is 1.64. The Kier molecular flexibility index (Phi) is 2.93. The van der Waals surface area contributed by atoms with Crippen LogP contribution in [0.3, 0.4) is 0 Å². The van der Waals surface area contributed by atoms with Crippen LogP contribution < -0.4 is 0 Å². The molecule has 0 aliphatic carbocycles. The van der Waals surface area contributed by atoms with Gasteiger partial charge in [0.2, 0.25) is 0 Å². The molecular formula is C10H16O2. The summed E-state index contributed by atoms with van der Waals surface area (Å²) in [5.74, 6) is 1.84. The Morgan fingerprint density at radius 3 is 2.33 bits per heavy atom. The quantitative estimate of drug-likeness (QED) is 0.692. The molecule has 0 radical (unpaired) electrons. The van der Waals surface area contributed by atoms with E-state index in [0.717, 1.165) is 11.5 Å². The highest BCUT2D eigenvalue weighted by atomic mass is 16.5. The maximum Gasteiger partial charge on any atom is 0.132 e. The Morgan fingerprint density at radius 1 is 1.25 bits per heavy atom. The fraction of sp³-hybridized carbons (Fsp3) is 0.600. The lowest BCUT2D eigenvalue weighted by Crippen LogP contribution is -2.06. The molecule has 1 unspecified atom stereocenters. The molecule has 1 heterocycles. The Hall–Kier alpha value is -0.760. The summed E-state index contributed by atoms with van der Waals surface area (Å²) in [6, 6.07) is 3.91. The van der Waals surface area contributed by atoms with Gasteiger partial charge in [-0.25, -0.2) is 0 Å². The number of aryl methyl sites for hydroxylation is 1. The summed E-state index contributed by atoms with van der Waals surface area (Å²) in [5, 5.41) is 0. The first-order chi connectivity index (χ1) is 5.59. The normalized spacial score (nSPS) is 13.8. The summed E-state index contributed by atoms with van der Waals surface area (Å²) in [7, 11) is 0. The van der Waals surface area contributed by atoms with Gasteiger partial charge in [0.1, 0.15) is 17.6 Å². The summed E-state index contributed by atoms with van der Waals surface area (Å²) in [6.45, 7) is 7.97. The van der Waals surface area contributed by atoms with Crippen LogP contribution in [0.25, 0.3) is 0 Å². The first kappa shape index (κ1) is 9.33. The molecule has 0 fully saturated rings. The van der Waals surface area contributed by atoms with Crippen molar-refractivity contribution >= 4 is 0 Å². The van der Waals surface area contributed by atoms with Crippen molar-refractivity contribution in [1.29, 1.82) is 0 Å². The van der Waals surface area contributed by atoms with Crippen LogP contribution in [0.2, 0.25) is 0 Å². The van der Waals surface area contributed by atoms with Gasteiger partial charge in [-0.15, -0.1) is 0 Å². The number of hydrogen-bond acceptors (Lipinski definition) is 2. The lowest BCUT2D eigenvalue weighted by atomic mass is 10.3. The first-order valence-corrected chi connectivity index (χ1v) is 4.31. The fourth-order valence-electron chi connectivity index (χ4n) is 1.15. The highest BCUT2D eigenvalue weighted by Gasteiger charge is 2.10. The van der Waals surface area contributed by atoms with Gasteiger partial charge in [-0.05, 0) is 39.8 Å². The molecule has 1 aromatic heterocycles. The average Bonchev–Trinajstić information content (AvgIpc) is 2.34. The van der Waals surface area contributed by atoms with E-state index in [4.69, 9.17) is 9.15 Å². The fourth-order valence-corrected chi connectivity index (χ4v) is 1.15. The molecular weight excluding hydrogens is 152 g/mol. The molecule has 0 aromatic carbocycles. The topological polar surface area (TPSA) is 22.4 Å². The smallest absolute Gasteiger partial charge is 0.132 e. The molecule has 1 atom stereocenters. The average molecular weight is 168 g/mol. The standard InChI is InChI=1S/C10H16O2/c1-7(2)11-9(4)10-6-5-8(3)12-10/h5-7,9H,1-4H3. The van der Waals surface area contributed by atoms with Gasteiger partial charge < -0.3 is 9.15 Å². The predicted molar refractivity (Wildman–Crippen MR) is 48.1 cm³/mol. The zero-order valence-corrected chi connectivity index (χ0v) is 8.13. The third kappa shape index (κ3) is 2.38. The second-order valence-corrected chi connectivity index (χ2v) is 3.28. The summed E-state index contributed by atoms with van der Waals surface area (Å²) in [5.41, 5.74) is 0. The minimum absolute atomic E-state index is 0.0544. The van der Waals surface area contributed by atoms with Crippen molar-refractivity contribution in [2.24, 2.45) is 0 Å². The second-order valence-electron chi connectivity index (χ2n) is 3.28. The van der Waals surface area contributed by atoms with Crippen molar-refractivity contribution in [3.63, 3.8) is 0 Å². The van der Waals surface area contributed by atoms with Gasteiger partial charge in [0.05, 0.1) is 6.10 Å². The van der Waals surface area contributed by atoms with Crippen LogP contribution in [-0.4, -0.2) is 6.10 Å². The number of ether oxygens (including phenoxy) is 1. The zero-order chi connectivity index (χ0) is 9.14. The molecule has 2 nitrogen and oxygen atoms in total. The van der Waals surface area contributed by atoms with Gasteiger partial charge in [-0.1, -0.05) is 0 Å². The minimum atomic E-state index is 0.0544. The third-order valence-electron chi connectivity index (χ3n) is 1.64. The van der Waals surface area contributed by atoms with E-state index < -0.39 is 0 Å². The monoisotopic (exact) mass is 168 g/mol. The molecule has 1 rings (SSSR count). The van der Waals surface area contributed by atoms with E-state index in [0.29, 0.717) is 0 Å². The molecule has 0 bridgehead atoms. The molecule has 0 aliphatic heterocycles. The molecule has 0 N–H and O–H groups in total. The molecule has 0 aliphatic rings. The van der Waals surface area contributed by atoms with E-state index in [9.17, 15) is 0 Å². The predicted octanol–water partition coefficient (Wildman–Crippen LogP) is 3.07. The number of rotatable bonds is 3. The van der Waals surface area contributed by atoms with E-state index >= 15 is 0 Å². The van der Waals surface area contributed by atoms with E-state index in [2.05, 4.69) is 0 Å². The van der Waals surface area contributed by atoms with Crippen molar-refractivity contribution in [2.75, 3.05) is 0 Å². The van der Waals surface area contributed by atoms with Crippen LogP contribution in [-0.2, 0) is 4.74 Å². The highest BCUT2D eigenvalue weighted by molar-refractivity contribution is 5.07. The van der Waals surface area contributed by atoms with E-state index in [-0.39, 0.29) is 12.2 Å². The van der Waals surface area contributed by atoms with Crippen LogP contribution >= 0.6 is 0 Å². The van der Waals surface area contributed by atoms with E-state index in [1.807, 2.05) is 39.8 Å². The van der Waals surface area contributed by atoms with Gasteiger partial charge in [-0.2, -0.15) is 0 Å². The van der Waals surface area contributed by atoms with Crippen molar-refractivity contribution in [1.82, 2.24) is 0 Å². The molecule has 0 amide bonds. The van der Waals surface area contributed by atoms with Crippen molar-refractivity contribution in [2.45, 2.75) is 39.9 Å². The Labute approximate surface area is 73.5 Å². The summed E-state index contributed by atoms with van der Waals surface area (Å²) < 4.78 is 11.0. The van der Waals surface area contributed by atoms with Crippen LogP contribution in [0.1, 0.15) is 38.4 Å². The Bertz CT molecular complexity index is 238. The largest absolute Gasteiger partial charge is 0.464 e. The summed E-state index contributed by atoms with van der Waals surface area (Å²) in [6.07, 6.45) is 0.295. The second kappa shape index (κ2) is 3.76. The van der Waals surface area contributed by atoms with E-state index in [1.54, 1.807) is 0 Å². The lowest BCUT2D eigenvalue weighted by Gasteiger charge is -2.13. The molecule has 0 saturated carbocycles. The van der Waals surface area contributed by atoms with Crippen LogP contribution in [0.4, 0.5) is 0 Å². The van der Waals surface area contributed by atoms with Gasteiger partial charge in [0, 0.05) is 0 Å². The number of hydrogen-bond donors (Lipinski definition) is 0. The first-order valence-electron chi connectivity index (χ1n) is 4.31. The Balaban J connectivity index is 2.58. The van der Waals surface area contributed by atoms with Gasteiger partial charge in [0.15, 0.2) is 0 Å². The zero-order valence-electron chi connectivity index (χ0n) is 8.13. The lowest BCUT2D eigenvalue weighted by molar-refractivity contribution is 0.00552. The molecule has 68 valence electrons. The van der Waals surface area contributed by atoms with Crippen LogP contribution in [0.5, 0.6) is 0 Å². The van der Waals surface area contributed by atoms with Crippen molar-refractivity contribution in [3.8, 4) is 0 Å². The van der Waals surface area contributed by atoms with Crippen molar-refractivity contribution in [3.05, 3.63) is 23.7 Å². The SMILES string of the molecule is Cc1ccc(C(C)OC(C)C)o1. The van der Waals surface area contributed by atoms with Gasteiger partial charge in [-0.3, -0.25) is 0 Å². The Morgan fingerprint density at radius 2 is 1.92 bits per heavy atom. The van der Waals surface area contributed by atoms with Crippen LogP contribution in [0.15, 0.2) is 16.5 Å². The highest BCUT2D eigenvalue weighted by Crippen LogP contribution is 2.20. The molecule has 0 saturated heterocycles. The maximum absolute atomic E-state index is 5.56. The van der Waals surface area contributed by atoms with Crippen LogP contribution in [0, 0.1) is 6.92 Å².